The number of rotatable bonds is 10. The lowest BCUT2D eigenvalue weighted by molar-refractivity contribution is 0.190. The van der Waals surface area contributed by atoms with Crippen LogP contribution >= 0.6 is 0 Å². The number of methoxy groups -OCH3 is 2. The lowest BCUT2D eigenvalue weighted by Crippen LogP contribution is -2.40. The number of benzene rings is 1. The van der Waals surface area contributed by atoms with Crippen molar-refractivity contribution in [3.05, 3.63) is 56.5 Å². The Balaban J connectivity index is 1.92. The first-order chi connectivity index (χ1) is 16.1. The molecule has 1 saturated carbocycles. The number of fused-ring (bicyclic) bond motifs is 1. The normalized spacial score (nSPS) is 14.4. The minimum absolute atomic E-state index is 0.245. The average Bonchev–Trinajstić information content (AvgIpc) is 3.48. The maximum atomic E-state index is 13.6. The zero-order valence-electron chi connectivity index (χ0n) is 19.9. The van der Waals surface area contributed by atoms with Crippen LogP contribution in [0.4, 0.5) is 0 Å². The van der Waals surface area contributed by atoms with E-state index in [4.69, 9.17) is 14.5 Å². The zero-order valence-corrected chi connectivity index (χ0v) is 19.9. The lowest BCUT2D eigenvalue weighted by atomic mass is 10.1. The first-order valence-corrected chi connectivity index (χ1v) is 11.9. The Bertz CT molecular complexity index is 1200. The SMILES string of the molecule is CCCn1c(=O)c2c(nc(C3CCCC3)n2Cc2ccc(OC)cc2)n(CCCOC)c1=O. The third-order valence-corrected chi connectivity index (χ3v) is 6.54. The summed E-state index contributed by atoms with van der Waals surface area (Å²) in [6, 6.07) is 7.89. The summed E-state index contributed by atoms with van der Waals surface area (Å²) >= 11 is 0. The summed E-state index contributed by atoms with van der Waals surface area (Å²) in [4.78, 5) is 31.9. The molecule has 1 fully saturated rings. The molecule has 1 aliphatic rings. The minimum atomic E-state index is -0.280. The summed E-state index contributed by atoms with van der Waals surface area (Å²) < 4.78 is 15.6. The van der Waals surface area contributed by atoms with Gasteiger partial charge >= 0.3 is 5.69 Å². The van der Waals surface area contributed by atoms with Crippen molar-refractivity contribution in [1.29, 1.82) is 0 Å². The predicted molar refractivity (Wildman–Crippen MR) is 128 cm³/mol. The number of hydrogen-bond acceptors (Lipinski definition) is 5. The highest BCUT2D eigenvalue weighted by Crippen LogP contribution is 2.35. The van der Waals surface area contributed by atoms with Crippen molar-refractivity contribution in [3.8, 4) is 5.75 Å². The van der Waals surface area contributed by atoms with Gasteiger partial charge in [0.1, 0.15) is 11.6 Å². The number of aryl methyl sites for hydroxylation is 1. The van der Waals surface area contributed by atoms with E-state index in [0.717, 1.165) is 42.8 Å². The van der Waals surface area contributed by atoms with Gasteiger partial charge in [0, 0.05) is 39.3 Å². The number of imidazole rings is 1. The van der Waals surface area contributed by atoms with E-state index in [1.165, 1.54) is 4.57 Å². The van der Waals surface area contributed by atoms with E-state index >= 15 is 0 Å². The van der Waals surface area contributed by atoms with Gasteiger partial charge in [0.2, 0.25) is 0 Å². The molecule has 8 heteroatoms. The third kappa shape index (κ3) is 4.62. The maximum Gasteiger partial charge on any atom is 0.332 e. The van der Waals surface area contributed by atoms with E-state index < -0.39 is 0 Å². The van der Waals surface area contributed by atoms with Gasteiger partial charge in [-0.25, -0.2) is 9.78 Å². The fraction of sp³-hybridized carbons (Fsp3) is 0.560. The van der Waals surface area contributed by atoms with Crippen LogP contribution in [-0.2, 0) is 24.4 Å². The molecular formula is C25H34N4O4. The summed E-state index contributed by atoms with van der Waals surface area (Å²) in [6.07, 6.45) is 5.83. The van der Waals surface area contributed by atoms with Crippen LogP contribution < -0.4 is 16.0 Å². The Kier molecular flexibility index (Phi) is 7.33. The molecule has 2 aromatic heterocycles. The highest BCUT2D eigenvalue weighted by Gasteiger charge is 2.27. The monoisotopic (exact) mass is 454 g/mol. The quantitative estimate of drug-likeness (QED) is 0.438. The number of nitrogens with zero attached hydrogens (tertiary/aromatic N) is 4. The molecule has 0 unspecified atom stereocenters. The smallest absolute Gasteiger partial charge is 0.332 e. The van der Waals surface area contributed by atoms with Crippen molar-refractivity contribution >= 4 is 11.2 Å². The van der Waals surface area contributed by atoms with Crippen LogP contribution in [0.3, 0.4) is 0 Å². The molecule has 0 bridgehead atoms. The molecule has 0 N–H and O–H groups in total. The summed E-state index contributed by atoms with van der Waals surface area (Å²) in [5, 5.41) is 0. The molecule has 33 heavy (non-hydrogen) atoms. The van der Waals surface area contributed by atoms with E-state index in [1.807, 2.05) is 31.2 Å². The Labute approximate surface area is 193 Å². The molecule has 3 aromatic rings. The molecule has 2 heterocycles. The average molecular weight is 455 g/mol. The second kappa shape index (κ2) is 10.4. The fourth-order valence-electron chi connectivity index (χ4n) is 4.87. The first-order valence-electron chi connectivity index (χ1n) is 11.9. The molecule has 0 spiro atoms. The van der Waals surface area contributed by atoms with Gasteiger partial charge in [-0.15, -0.1) is 0 Å². The minimum Gasteiger partial charge on any atom is -0.497 e. The number of aromatic nitrogens is 4. The van der Waals surface area contributed by atoms with Crippen LogP contribution in [0, 0.1) is 0 Å². The van der Waals surface area contributed by atoms with Gasteiger partial charge in [-0.2, -0.15) is 0 Å². The summed E-state index contributed by atoms with van der Waals surface area (Å²) in [5.41, 5.74) is 1.57. The molecule has 0 amide bonds. The van der Waals surface area contributed by atoms with Crippen LogP contribution in [0.1, 0.15) is 62.8 Å². The molecule has 1 aliphatic carbocycles. The van der Waals surface area contributed by atoms with Crippen LogP contribution in [0.25, 0.3) is 11.2 Å². The Hall–Kier alpha value is -2.87. The molecular weight excluding hydrogens is 420 g/mol. The van der Waals surface area contributed by atoms with E-state index in [1.54, 1.807) is 18.8 Å². The predicted octanol–water partition coefficient (Wildman–Crippen LogP) is 3.52. The van der Waals surface area contributed by atoms with Gasteiger partial charge in [0.05, 0.1) is 7.11 Å². The van der Waals surface area contributed by atoms with Crippen LogP contribution in [0.5, 0.6) is 5.75 Å². The largest absolute Gasteiger partial charge is 0.497 e. The maximum absolute atomic E-state index is 13.6. The molecule has 0 saturated heterocycles. The summed E-state index contributed by atoms with van der Waals surface area (Å²) in [7, 11) is 3.30. The Morgan fingerprint density at radius 1 is 1.00 bits per heavy atom. The molecule has 0 atom stereocenters. The van der Waals surface area contributed by atoms with Crippen molar-refractivity contribution in [1.82, 2.24) is 18.7 Å². The molecule has 0 radical (unpaired) electrons. The van der Waals surface area contributed by atoms with Crippen molar-refractivity contribution < 1.29 is 9.47 Å². The van der Waals surface area contributed by atoms with Gasteiger partial charge in [-0.1, -0.05) is 31.9 Å². The fourth-order valence-corrected chi connectivity index (χ4v) is 4.87. The molecule has 0 aliphatic heterocycles. The van der Waals surface area contributed by atoms with Crippen molar-refractivity contribution in [3.63, 3.8) is 0 Å². The van der Waals surface area contributed by atoms with Crippen molar-refractivity contribution in [2.45, 2.75) is 71.0 Å². The van der Waals surface area contributed by atoms with E-state index in [9.17, 15) is 9.59 Å². The van der Waals surface area contributed by atoms with E-state index in [-0.39, 0.29) is 11.2 Å². The van der Waals surface area contributed by atoms with E-state index in [2.05, 4.69) is 4.57 Å². The van der Waals surface area contributed by atoms with E-state index in [0.29, 0.717) is 56.2 Å². The Morgan fingerprint density at radius 3 is 2.36 bits per heavy atom. The number of hydrogen-bond donors (Lipinski definition) is 0. The van der Waals surface area contributed by atoms with Crippen molar-refractivity contribution in [2.24, 2.45) is 0 Å². The highest BCUT2D eigenvalue weighted by molar-refractivity contribution is 5.71. The van der Waals surface area contributed by atoms with Crippen LogP contribution in [0.2, 0.25) is 0 Å². The van der Waals surface area contributed by atoms with Gasteiger partial charge in [-0.05, 0) is 43.4 Å². The second-order valence-corrected chi connectivity index (χ2v) is 8.80. The number of ether oxygens (including phenoxy) is 2. The standard InChI is InChI=1S/C25H34N4O4/c1-4-14-28-24(30)21-23(27(25(28)31)15-7-16-32-2)26-22(19-8-5-6-9-19)29(21)17-18-10-12-20(33-3)13-11-18/h10-13,19H,4-9,14-17H2,1-3H3. The van der Waals surface area contributed by atoms with Gasteiger partial charge in [0.25, 0.3) is 5.56 Å². The van der Waals surface area contributed by atoms with Gasteiger partial charge < -0.3 is 14.0 Å². The van der Waals surface area contributed by atoms with Crippen LogP contribution in [-0.4, -0.2) is 39.5 Å². The van der Waals surface area contributed by atoms with Crippen LogP contribution in [0.15, 0.2) is 33.9 Å². The second-order valence-electron chi connectivity index (χ2n) is 8.80. The van der Waals surface area contributed by atoms with Gasteiger partial charge in [0.15, 0.2) is 11.2 Å². The summed E-state index contributed by atoms with van der Waals surface area (Å²) in [5.74, 6) is 2.02. The summed E-state index contributed by atoms with van der Waals surface area (Å²) in [6.45, 7) is 3.91. The third-order valence-electron chi connectivity index (χ3n) is 6.54. The lowest BCUT2D eigenvalue weighted by Gasteiger charge is -2.15. The Morgan fingerprint density at radius 2 is 1.73 bits per heavy atom. The van der Waals surface area contributed by atoms with Crippen molar-refractivity contribution in [2.75, 3.05) is 20.8 Å². The molecule has 1 aromatic carbocycles. The molecule has 4 rings (SSSR count). The first kappa shape index (κ1) is 23.3. The zero-order chi connectivity index (χ0) is 23.4. The van der Waals surface area contributed by atoms with Gasteiger partial charge in [-0.3, -0.25) is 13.9 Å². The highest BCUT2D eigenvalue weighted by atomic mass is 16.5. The molecule has 8 nitrogen and oxygen atoms in total. The topological polar surface area (TPSA) is 80.3 Å². The molecule has 178 valence electrons.